The molecule has 0 atom stereocenters. The van der Waals surface area contributed by atoms with Crippen molar-refractivity contribution in [2.75, 3.05) is 6.67 Å². The number of aromatic carboxylic acids is 8. The number of hydrogen-bond acceptors (Lipinski definition) is 12. The highest BCUT2D eigenvalue weighted by atomic mass is 19.3. The van der Waals surface area contributed by atoms with E-state index in [1.54, 1.807) is 0 Å². The molecule has 23 heteroatoms. The van der Waals surface area contributed by atoms with E-state index in [-0.39, 0.29) is 23.0 Å². The summed E-state index contributed by atoms with van der Waals surface area (Å²) in [6.45, 7) is -2.06. The lowest BCUT2D eigenvalue weighted by atomic mass is 9.74. The van der Waals surface area contributed by atoms with Crippen molar-refractivity contribution in [3.8, 4) is 46.0 Å². The number of ether oxygens (including phenoxy) is 4. The Morgan fingerprint density at radius 1 is 0.357 bits per heavy atom. The average Bonchev–Trinajstić information content (AvgIpc) is 3.29. The fourth-order valence-corrected chi connectivity index (χ4v) is 6.95. The molecule has 0 aliphatic heterocycles. The van der Waals surface area contributed by atoms with Gasteiger partial charge in [-0.3, -0.25) is 0 Å². The first-order chi connectivity index (χ1) is 33.0. The highest BCUT2D eigenvalue weighted by Crippen LogP contribution is 2.50. The summed E-state index contributed by atoms with van der Waals surface area (Å²) in [5, 5.41) is 77.0. The van der Waals surface area contributed by atoms with Crippen molar-refractivity contribution in [1.82, 2.24) is 0 Å². The van der Waals surface area contributed by atoms with Gasteiger partial charge in [0.25, 0.3) is 6.43 Å². The van der Waals surface area contributed by atoms with Gasteiger partial charge >= 0.3 is 47.8 Å². The number of carboxylic acid groups (broad SMARTS) is 8. The molecule has 6 rings (SSSR count). The summed E-state index contributed by atoms with van der Waals surface area (Å²) in [5.41, 5.74) is -10.8. The molecule has 0 amide bonds. The second-order valence-electron chi connectivity index (χ2n) is 14.4. The van der Waals surface area contributed by atoms with Crippen LogP contribution in [-0.4, -0.2) is 102 Å². The lowest BCUT2D eigenvalue weighted by molar-refractivity contribution is 0.0537. The third-order valence-electron chi connectivity index (χ3n) is 10.2. The minimum atomic E-state index is -3.85. The lowest BCUT2D eigenvalue weighted by Crippen LogP contribution is -2.39. The number of carbonyl (C=O) groups is 8. The van der Waals surface area contributed by atoms with Crippen LogP contribution in [0, 0.1) is 0 Å². The molecular weight excluding hydrogens is 941 g/mol. The highest BCUT2D eigenvalue weighted by molar-refractivity contribution is 6.04. The highest BCUT2D eigenvalue weighted by Gasteiger charge is 2.48. The average molecular weight is 971 g/mol. The summed E-state index contributed by atoms with van der Waals surface area (Å²) in [7, 11) is 0. The number of rotatable bonds is 20. The van der Waals surface area contributed by atoms with E-state index >= 15 is 13.2 Å². The zero-order chi connectivity index (χ0) is 51.4. The van der Waals surface area contributed by atoms with Gasteiger partial charge in [0.1, 0.15) is 58.1 Å². The summed E-state index contributed by atoms with van der Waals surface area (Å²) >= 11 is 0. The Hall–Kier alpha value is -9.93. The molecule has 0 saturated heterocycles. The Morgan fingerprint density at radius 3 is 0.814 bits per heavy atom. The van der Waals surface area contributed by atoms with Crippen LogP contribution >= 0.6 is 0 Å². The third kappa shape index (κ3) is 10.1. The molecule has 0 fully saturated rings. The van der Waals surface area contributed by atoms with Gasteiger partial charge in [0.15, 0.2) is 0 Å². The van der Waals surface area contributed by atoms with Gasteiger partial charge in [-0.2, -0.15) is 0 Å². The van der Waals surface area contributed by atoms with Crippen molar-refractivity contribution in [3.05, 3.63) is 165 Å². The molecule has 0 aliphatic rings. The SMILES string of the molecule is O=C(O)c1ccc(Oc2ccc(C(CF)(c3ccc(Oc4ccc(C(=O)O)c(C(=O)O)c4)cc3Oc3ccc(C(=O)O)c(C(=O)O)c3)C(F)F)c(Oc3ccc(C(=O)O)c(C(=O)O)c3)c2)cc1C(=O)O. The first-order valence-corrected chi connectivity index (χ1v) is 19.3. The van der Waals surface area contributed by atoms with E-state index in [0.717, 1.165) is 97.1 Å². The zero-order valence-corrected chi connectivity index (χ0v) is 34.8. The third-order valence-corrected chi connectivity index (χ3v) is 10.2. The van der Waals surface area contributed by atoms with E-state index in [2.05, 4.69) is 0 Å². The van der Waals surface area contributed by atoms with Crippen LogP contribution in [0.25, 0.3) is 0 Å². The van der Waals surface area contributed by atoms with Gasteiger partial charge in [-0.25, -0.2) is 51.5 Å². The van der Waals surface area contributed by atoms with Crippen LogP contribution in [0.3, 0.4) is 0 Å². The minimum absolute atomic E-state index is 0.334. The number of hydrogen-bond donors (Lipinski definition) is 8. The molecule has 358 valence electrons. The largest absolute Gasteiger partial charge is 0.478 e. The van der Waals surface area contributed by atoms with Crippen LogP contribution in [0.5, 0.6) is 46.0 Å². The summed E-state index contributed by atoms with van der Waals surface area (Å²) in [6.07, 6.45) is -3.85. The fraction of sp³-hybridized carbons (Fsp3) is 0.0638. The molecule has 0 bridgehead atoms. The van der Waals surface area contributed by atoms with Crippen LogP contribution in [0.1, 0.15) is 94.0 Å². The molecule has 20 nitrogen and oxygen atoms in total. The molecule has 6 aromatic rings. The Labute approximate surface area is 387 Å². The van der Waals surface area contributed by atoms with Crippen molar-refractivity contribution in [3.63, 3.8) is 0 Å². The Kier molecular flexibility index (Phi) is 14.1. The maximum atomic E-state index is 16.2. The maximum absolute atomic E-state index is 16.2. The monoisotopic (exact) mass is 970 g/mol. The van der Waals surface area contributed by atoms with E-state index in [0.29, 0.717) is 12.1 Å². The summed E-state index contributed by atoms with van der Waals surface area (Å²) in [5.74, 6) is -17.5. The predicted octanol–water partition coefficient (Wildman–Crippen LogP) is 8.96. The summed E-state index contributed by atoms with van der Waals surface area (Å²) < 4.78 is 72.0. The second kappa shape index (κ2) is 19.9. The Morgan fingerprint density at radius 2 is 0.586 bits per heavy atom. The second-order valence-corrected chi connectivity index (χ2v) is 14.4. The molecule has 8 N–H and O–H groups in total. The first kappa shape index (κ1) is 49.5. The van der Waals surface area contributed by atoms with Crippen LogP contribution in [0.15, 0.2) is 109 Å². The molecule has 0 aliphatic carbocycles. The molecule has 0 unspecified atom stereocenters. The smallest absolute Gasteiger partial charge is 0.336 e. The fourth-order valence-electron chi connectivity index (χ4n) is 6.95. The molecule has 6 aromatic carbocycles. The molecule has 70 heavy (non-hydrogen) atoms. The zero-order valence-electron chi connectivity index (χ0n) is 34.8. The van der Waals surface area contributed by atoms with E-state index in [1.165, 1.54) is 0 Å². The van der Waals surface area contributed by atoms with Crippen molar-refractivity contribution in [2.24, 2.45) is 0 Å². The van der Waals surface area contributed by atoms with Crippen LogP contribution in [0.4, 0.5) is 13.2 Å². The molecular formula is C47H29F3O20. The van der Waals surface area contributed by atoms with Gasteiger partial charge in [0.2, 0.25) is 0 Å². The molecule has 0 spiro atoms. The quantitative estimate of drug-likeness (QED) is 0.0354. The topological polar surface area (TPSA) is 335 Å². The van der Waals surface area contributed by atoms with Gasteiger partial charge in [-0.15, -0.1) is 0 Å². The molecule has 0 heterocycles. The maximum Gasteiger partial charge on any atom is 0.336 e. The van der Waals surface area contributed by atoms with Crippen molar-refractivity contribution >= 4 is 47.8 Å². The number of benzene rings is 6. The van der Waals surface area contributed by atoms with Gasteiger partial charge < -0.3 is 59.8 Å². The van der Waals surface area contributed by atoms with Crippen molar-refractivity contribution in [2.45, 2.75) is 11.8 Å². The predicted molar refractivity (Wildman–Crippen MR) is 227 cm³/mol. The van der Waals surface area contributed by atoms with Gasteiger partial charge in [-0.1, -0.05) is 12.1 Å². The molecule has 0 radical (unpaired) electrons. The van der Waals surface area contributed by atoms with Gasteiger partial charge in [0.05, 0.1) is 44.5 Å². The first-order valence-electron chi connectivity index (χ1n) is 19.3. The molecule has 0 saturated carbocycles. The van der Waals surface area contributed by atoms with Crippen LogP contribution < -0.4 is 18.9 Å². The van der Waals surface area contributed by atoms with Crippen molar-refractivity contribution in [1.29, 1.82) is 0 Å². The van der Waals surface area contributed by atoms with E-state index in [1.807, 2.05) is 0 Å². The van der Waals surface area contributed by atoms with E-state index in [9.17, 15) is 79.2 Å². The minimum Gasteiger partial charge on any atom is -0.478 e. The number of halogens is 3. The standard InChI is InChI=1S/C47H29F3O20/c48-19-47(46(49)50,34-11-5-24(67-20-1-7-26(38(51)52)30(13-20)42(59)60)17-36(34)69-22-3-9-28(40(55)56)32(15-22)44(63)64)35-12-6-25(68-21-2-8-27(39(53)54)31(14-21)43(61)62)18-37(35)70-23-4-10-29(41(57)58)33(16-23)45(65)66/h1-18,46H,19H2,(H,51,52)(H,53,54)(H,55,56)(H,57,58)(H,59,60)(H,61,62)(H,63,64)(H,65,66). The van der Waals surface area contributed by atoms with E-state index < -0.39 is 145 Å². The van der Waals surface area contributed by atoms with Crippen molar-refractivity contribution < 1.29 is 111 Å². The van der Waals surface area contributed by atoms with Crippen LogP contribution in [-0.2, 0) is 5.41 Å². The summed E-state index contributed by atoms with van der Waals surface area (Å²) in [4.78, 5) is 95.0. The van der Waals surface area contributed by atoms with Crippen LogP contribution in [0.2, 0.25) is 0 Å². The Balaban J connectivity index is 1.60. The normalized spacial score (nSPS) is 11.0. The van der Waals surface area contributed by atoms with Gasteiger partial charge in [0, 0.05) is 23.3 Å². The number of alkyl halides is 3. The number of carboxylic acids is 8. The Bertz CT molecular complexity index is 2980. The van der Waals surface area contributed by atoms with E-state index in [4.69, 9.17) is 18.9 Å². The van der Waals surface area contributed by atoms with Gasteiger partial charge in [-0.05, 0) is 84.9 Å². The lowest BCUT2D eigenvalue weighted by Gasteiger charge is -2.34. The molecule has 0 aromatic heterocycles. The summed E-state index contributed by atoms with van der Waals surface area (Å²) in [6, 6.07) is 15.7.